The monoisotopic (exact) mass is 242 g/mol. The van der Waals surface area contributed by atoms with Crippen LogP contribution in [0.25, 0.3) is 0 Å². The van der Waals surface area contributed by atoms with Gasteiger partial charge in [-0.3, -0.25) is 0 Å². The average molecular weight is 242 g/mol. The zero-order chi connectivity index (χ0) is 9.72. The largest absolute Gasteiger partial charge is 0.353 e. The first-order chi connectivity index (χ1) is 5.43. The number of nitrogens with one attached hydrogen (secondary N) is 2. The molecule has 2 atom stereocenters. The van der Waals surface area contributed by atoms with E-state index in [2.05, 4.69) is 60.3 Å². The normalized spacial score (nSPS) is 14.7. The van der Waals surface area contributed by atoms with Crippen LogP contribution in [0.5, 0.6) is 0 Å². The molecule has 0 bridgehead atoms. The minimum atomic E-state index is -0.542. The molecular formula is C4H10N4S4. The highest BCUT2D eigenvalue weighted by Crippen LogP contribution is 1.86. The van der Waals surface area contributed by atoms with Gasteiger partial charge in [0.15, 0.2) is 0 Å². The van der Waals surface area contributed by atoms with Gasteiger partial charge in [0.05, 0.1) is 0 Å². The molecular weight excluding hydrogens is 232 g/mol. The standard InChI is InChI=1S/C4H10N4S4/c5-1(7-3(9)10)2(6)8-4(11)12/h1-2H,5-6H2,(H2,7,9,10)(H2,8,11,12). The Hall–Kier alpha value is 0.400. The molecule has 0 saturated heterocycles. The Morgan fingerprint density at radius 2 is 1.25 bits per heavy atom. The summed E-state index contributed by atoms with van der Waals surface area (Å²) in [5, 5.41) is 5.28. The lowest BCUT2D eigenvalue weighted by Crippen LogP contribution is -2.59. The van der Waals surface area contributed by atoms with Crippen molar-refractivity contribution in [1.29, 1.82) is 0 Å². The summed E-state index contributed by atoms with van der Waals surface area (Å²) in [4.78, 5) is 0. The molecule has 2 unspecified atom stereocenters. The van der Waals surface area contributed by atoms with Crippen molar-refractivity contribution >= 4 is 58.3 Å². The summed E-state index contributed by atoms with van der Waals surface area (Å²) in [7, 11) is 0. The van der Waals surface area contributed by atoms with Crippen LogP contribution in [0.1, 0.15) is 0 Å². The predicted molar refractivity (Wildman–Crippen MR) is 65.4 cm³/mol. The van der Waals surface area contributed by atoms with Crippen LogP contribution in [0.15, 0.2) is 0 Å². The van der Waals surface area contributed by atoms with Crippen molar-refractivity contribution in [2.45, 2.75) is 12.3 Å². The lowest BCUT2D eigenvalue weighted by atomic mass is 10.4. The van der Waals surface area contributed by atoms with Gasteiger partial charge in [0.1, 0.15) is 21.0 Å². The van der Waals surface area contributed by atoms with E-state index in [0.717, 1.165) is 0 Å². The molecule has 70 valence electrons. The third-order valence-electron chi connectivity index (χ3n) is 0.967. The van der Waals surface area contributed by atoms with Gasteiger partial charge in [-0.2, -0.15) is 0 Å². The van der Waals surface area contributed by atoms with E-state index in [1.54, 1.807) is 0 Å². The van der Waals surface area contributed by atoms with Gasteiger partial charge in [-0.1, -0.05) is 24.4 Å². The zero-order valence-corrected chi connectivity index (χ0v) is 9.44. The lowest BCUT2D eigenvalue weighted by Gasteiger charge is -2.21. The molecule has 0 heterocycles. The van der Waals surface area contributed by atoms with Crippen molar-refractivity contribution in [2.24, 2.45) is 11.5 Å². The molecule has 0 aromatic rings. The number of rotatable bonds is 3. The first kappa shape index (κ1) is 12.4. The van der Waals surface area contributed by atoms with Crippen LogP contribution in [0.3, 0.4) is 0 Å². The summed E-state index contributed by atoms with van der Waals surface area (Å²) in [5.74, 6) is 0. The van der Waals surface area contributed by atoms with Gasteiger partial charge >= 0.3 is 0 Å². The van der Waals surface area contributed by atoms with Gasteiger partial charge in [0.2, 0.25) is 0 Å². The van der Waals surface area contributed by atoms with Crippen molar-refractivity contribution in [1.82, 2.24) is 10.6 Å². The fourth-order valence-corrected chi connectivity index (χ4v) is 1.04. The molecule has 0 spiro atoms. The SMILES string of the molecule is NC(NC(=S)S)C(N)NC(=S)S. The average Bonchev–Trinajstić information content (AvgIpc) is 1.84. The van der Waals surface area contributed by atoms with E-state index in [1.807, 2.05) is 0 Å². The molecule has 12 heavy (non-hydrogen) atoms. The number of thiol groups is 2. The number of nitrogens with two attached hydrogens (primary N) is 2. The molecule has 0 aliphatic rings. The highest BCUT2D eigenvalue weighted by Gasteiger charge is 2.12. The van der Waals surface area contributed by atoms with Crippen molar-refractivity contribution < 1.29 is 0 Å². The fraction of sp³-hybridized carbons (Fsp3) is 0.500. The Labute approximate surface area is 92.6 Å². The number of thiocarbonyl (C=S) groups is 2. The molecule has 0 radical (unpaired) electrons. The molecule has 0 aromatic carbocycles. The van der Waals surface area contributed by atoms with E-state index in [1.165, 1.54) is 0 Å². The molecule has 0 rings (SSSR count). The van der Waals surface area contributed by atoms with Gasteiger partial charge < -0.3 is 22.1 Å². The minimum Gasteiger partial charge on any atom is -0.353 e. The number of hydrogen-bond donors (Lipinski definition) is 6. The number of hydrogen-bond acceptors (Lipinski definition) is 4. The summed E-state index contributed by atoms with van der Waals surface area (Å²) in [5.41, 5.74) is 11.1. The van der Waals surface area contributed by atoms with Crippen LogP contribution >= 0.6 is 49.7 Å². The van der Waals surface area contributed by atoms with Crippen LogP contribution in [-0.2, 0) is 0 Å². The van der Waals surface area contributed by atoms with Crippen molar-refractivity contribution in [3.8, 4) is 0 Å². The van der Waals surface area contributed by atoms with Crippen molar-refractivity contribution in [2.75, 3.05) is 0 Å². The first-order valence-electron chi connectivity index (χ1n) is 2.93. The van der Waals surface area contributed by atoms with E-state index in [9.17, 15) is 0 Å². The maximum atomic E-state index is 5.54. The van der Waals surface area contributed by atoms with Crippen LogP contribution in [0.2, 0.25) is 0 Å². The second-order valence-corrected chi connectivity index (χ2v) is 4.27. The van der Waals surface area contributed by atoms with E-state index in [0.29, 0.717) is 0 Å². The Balaban J connectivity index is 3.83. The van der Waals surface area contributed by atoms with Gasteiger partial charge in [-0.15, -0.1) is 25.3 Å². The first-order valence-corrected chi connectivity index (χ1v) is 4.64. The van der Waals surface area contributed by atoms with E-state index >= 15 is 0 Å². The van der Waals surface area contributed by atoms with E-state index in [4.69, 9.17) is 11.5 Å². The van der Waals surface area contributed by atoms with Crippen molar-refractivity contribution in [3.05, 3.63) is 0 Å². The van der Waals surface area contributed by atoms with Crippen LogP contribution in [0, 0.1) is 0 Å². The zero-order valence-electron chi connectivity index (χ0n) is 6.02. The highest BCUT2D eigenvalue weighted by atomic mass is 32.1. The van der Waals surface area contributed by atoms with Crippen LogP contribution < -0.4 is 22.1 Å². The summed E-state index contributed by atoms with van der Waals surface area (Å²) in [6, 6.07) is 0. The molecule has 0 saturated carbocycles. The molecule has 0 fully saturated rings. The molecule has 8 heteroatoms. The third-order valence-corrected chi connectivity index (χ3v) is 1.46. The summed E-state index contributed by atoms with van der Waals surface area (Å²) < 4.78 is 0.565. The Morgan fingerprint density at radius 3 is 1.42 bits per heavy atom. The molecule has 0 aliphatic heterocycles. The second kappa shape index (κ2) is 5.95. The predicted octanol–water partition coefficient (Wildman–Crippen LogP) is -0.835. The molecule has 0 aliphatic carbocycles. The van der Waals surface area contributed by atoms with E-state index < -0.39 is 12.3 Å². The Kier molecular flexibility index (Phi) is 6.14. The van der Waals surface area contributed by atoms with Crippen molar-refractivity contribution in [3.63, 3.8) is 0 Å². The van der Waals surface area contributed by atoms with Gasteiger partial charge in [-0.05, 0) is 0 Å². The molecule has 0 amide bonds. The van der Waals surface area contributed by atoms with Gasteiger partial charge in [0.25, 0.3) is 0 Å². The molecule has 0 aromatic heterocycles. The van der Waals surface area contributed by atoms with E-state index in [-0.39, 0.29) is 8.64 Å². The summed E-state index contributed by atoms with van der Waals surface area (Å²) >= 11 is 16.9. The van der Waals surface area contributed by atoms with Crippen LogP contribution in [0.4, 0.5) is 0 Å². The van der Waals surface area contributed by atoms with Crippen LogP contribution in [-0.4, -0.2) is 21.0 Å². The summed E-state index contributed by atoms with van der Waals surface area (Å²) in [6.07, 6.45) is -1.08. The third kappa shape index (κ3) is 5.98. The Morgan fingerprint density at radius 1 is 1.00 bits per heavy atom. The summed E-state index contributed by atoms with van der Waals surface area (Å²) in [6.45, 7) is 0. The molecule has 6 N–H and O–H groups in total. The van der Waals surface area contributed by atoms with Gasteiger partial charge in [-0.25, -0.2) is 0 Å². The topological polar surface area (TPSA) is 76.1 Å². The quantitative estimate of drug-likeness (QED) is 0.220. The minimum absolute atomic E-state index is 0.282. The Bertz CT molecular complexity index is 164. The lowest BCUT2D eigenvalue weighted by molar-refractivity contribution is 0.484. The maximum Gasteiger partial charge on any atom is 0.131 e. The smallest absolute Gasteiger partial charge is 0.131 e. The highest BCUT2D eigenvalue weighted by molar-refractivity contribution is 8.11. The second-order valence-electron chi connectivity index (χ2n) is 1.95. The fourth-order valence-electron chi connectivity index (χ4n) is 0.465. The maximum absolute atomic E-state index is 5.54. The molecule has 4 nitrogen and oxygen atoms in total. The van der Waals surface area contributed by atoms with Gasteiger partial charge in [0, 0.05) is 0 Å².